The van der Waals surface area contributed by atoms with Gasteiger partial charge in [0.25, 0.3) is 5.91 Å². The molecular formula is C34H48BrN5O7. The molecular weight excluding hydrogens is 670 g/mol. The van der Waals surface area contributed by atoms with Crippen molar-refractivity contribution in [2.24, 2.45) is 22.7 Å². The van der Waals surface area contributed by atoms with Crippen LogP contribution in [0, 0.1) is 22.7 Å². The average molecular weight is 719 g/mol. The van der Waals surface area contributed by atoms with Gasteiger partial charge in [0.1, 0.15) is 23.7 Å². The quantitative estimate of drug-likeness (QED) is 0.191. The molecule has 1 saturated carbocycles. The summed E-state index contributed by atoms with van der Waals surface area (Å²) in [5, 5.41) is 10.4. The fourth-order valence-corrected chi connectivity index (χ4v) is 6.24. The Balaban J connectivity index is 1.69. The molecule has 1 aromatic carbocycles. The van der Waals surface area contributed by atoms with Crippen LogP contribution in [0.5, 0.6) is 0 Å². The van der Waals surface area contributed by atoms with Gasteiger partial charge in [-0.05, 0) is 67.6 Å². The number of piperidine rings is 1. The third kappa shape index (κ3) is 9.65. The molecule has 4 N–H and O–H groups in total. The molecule has 0 radical (unpaired) electrons. The number of ether oxygens (including phenoxy) is 1. The van der Waals surface area contributed by atoms with E-state index in [4.69, 9.17) is 4.74 Å². The minimum atomic E-state index is -1.26. The van der Waals surface area contributed by atoms with Gasteiger partial charge in [0, 0.05) is 17.6 Å². The molecule has 0 bridgehead atoms. The number of nitrogens with zero attached hydrogens (tertiary/aromatic N) is 1. The largest absolute Gasteiger partial charge is 0.444 e. The lowest BCUT2D eigenvalue weighted by Gasteiger charge is -2.38. The van der Waals surface area contributed by atoms with Crippen LogP contribution in [0.3, 0.4) is 0 Å². The smallest absolute Gasteiger partial charge is 0.408 e. The van der Waals surface area contributed by atoms with Crippen molar-refractivity contribution < 1.29 is 33.5 Å². The predicted octanol–water partition coefficient (Wildman–Crippen LogP) is 3.23. The number of hydrogen-bond donors (Lipinski definition) is 4. The van der Waals surface area contributed by atoms with Gasteiger partial charge in [-0.15, -0.1) is 6.58 Å². The van der Waals surface area contributed by atoms with Gasteiger partial charge in [-0.1, -0.05) is 68.8 Å². The van der Waals surface area contributed by atoms with Crippen molar-refractivity contribution in [2.75, 3.05) is 13.1 Å². The van der Waals surface area contributed by atoms with E-state index in [-0.39, 0.29) is 30.2 Å². The summed E-state index contributed by atoms with van der Waals surface area (Å²) >= 11 is 3.35. The molecule has 0 aromatic heterocycles. The standard InChI is InChI=1S/C34H48BrN5O7/c1-10-11-22(26(42)29(44)37-17-23(41)36-16-19-12-14-20(35)15-13-19)38-28(43)25-24-21(34(24,8)9)18-40(25)30(45)27(32(2,3)4)39-31(46)47-33(5,6)7/h10,12-15,21-22,24-25,27H,1,11,16-18H2,2-9H3,(H,36,41)(H,37,44)(H,38,43)(H,39,46)/t21?,22?,24?,25?,27-/m1/s1. The Morgan fingerprint density at radius 3 is 2.19 bits per heavy atom. The molecule has 12 nitrogen and oxygen atoms in total. The van der Waals surface area contributed by atoms with Crippen LogP contribution in [0.1, 0.15) is 67.4 Å². The highest BCUT2D eigenvalue weighted by Gasteiger charge is 2.70. The summed E-state index contributed by atoms with van der Waals surface area (Å²) in [5.74, 6) is -3.64. The second-order valence-corrected chi connectivity index (χ2v) is 15.8. The molecule has 1 aliphatic heterocycles. The van der Waals surface area contributed by atoms with E-state index in [2.05, 4.69) is 43.8 Å². The van der Waals surface area contributed by atoms with Crippen LogP contribution in [0.4, 0.5) is 4.79 Å². The van der Waals surface area contributed by atoms with Gasteiger partial charge in [-0.3, -0.25) is 24.0 Å². The molecule has 1 aromatic rings. The van der Waals surface area contributed by atoms with Gasteiger partial charge >= 0.3 is 6.09 Å². The number of alkyl carbamates (subject to hydrolysis) is 1. The molecule has 4 unspecified atom stereocenters. The Labute approximate surface area is 285 Å². The first-order valence-corrected chi connectivity index (χ1v) is 16.5. The second kappa shape index (κ2) is 14.6. The number of hydrogen-bond acceptors (Lipinski definition) is 7. The monoisotopic (exact) mass is 717 g/mol. The Morgan fingerprint density at radius 1 is 1.02 bits per heavy atom. The number of ketones is 1. The van der Waals surface area contributed by atoms with E-state index in [1.54, 1.807) is 41.5 Å². The van der Waals surface area contributed by atoms with Crippen LogP contribution in [0.25, 0.3) is 0 Å². The topological polar surface area (TPSA) is 163 Å². The van der Waals surface area contributed by atoms with Gasteiger partial charge in [0.2, 0.25) is 23.5 Å². The molecule has 1 heterocycles. The summed E-state index contributed by atoms with van der Waals surface area (Å²) < 4.78 is 6.30. The highest BCUT2D eigenvalue weighted by atomic mass is 79.9. The lowest BCUT2D eigenvalue weighted by Crippen LogP contribution is -2.60. The Hall–Kier alpha value is -3.74. The van der Waals surface area contributed by atoms with Crippen molar-refractivity contribution in [3.8, 4) is 0 Å². The number of fused-ring (bicyclic) bond motifs is 1. The van der Waals surface area contributed by atoms with Crippen molar-refractivity contribution >= 4 is 51.4 Å². The average Bonchev–Trinajstić information content (AvgIpc) is 3.27. The predicted molar refractivity (Wildman–Crippen MR) is 180 cm³/mol. The molecule has 5 amide bonds. The third-order valence-electron chi connectivity index (χ3n) is 8.61. The maximum atomic E-state index is 14.0. The SMILES string of the molecule is C=CCC(NC(=O)C1C2C(CN1C(=O)[C@@H](NC(=O)OC(C)(C)C)C(C)(C)C)C2(C)C)C(=O)C(=O)NCC(=O)NCc1ccc(Br)cc1. The summed E-state index contributed by atoms with van der Waals surface area (Å²) in [6, 6.07) is 4.15. The van der Waals surface area contributed by atoms with Crippen LogP contribution >= 0.6 is 15.9 Å². The summed E-state index contributed by atoms with van der Waals surface area (Å²) in [6.45, 7) is 18.4. The van der Waals surface area contributed by atoms with E-state index in [9.17, 15) is 28.8 Å². The van der Waals surface area contributed by atoms with E-state index in [1.807, 2.05) is 38.1 Å². The second-order valence-electron chi connectivity index (χ2n) is 14.9. The molecule has 13 heteroatoms. The van der Waals surface area contributed by atoms with Crippen LogP contribution in [-0.4, -0.2) is 77.2 Å². The van der Waals surface area contributed by atoms with Crippen LogP contribution in [0.2, 0.25) is 0 Å². The van der Waals surface area contributed by atoms with Crippen molar-refractivity contribution in [1.82, 2.24) is 26.2 Å². The summed E-state index contributed by atoms with van der Waals surface area (Å²) in [6.07, 6.45) is 0.612. The molecule has 3 rings (SSSR count). The number of likely N-dealkylation sites (tertiary alicyclic amines) is 1. The van der Waals surface area contributed by atoms with Gasteiger partial charge in [0.15, 0.2) is 0 Å². The maximum absolute atomic E-state index is 14.0. The van der Waals surface area contributed by atoms with Gasteiger partial charge in [0.05, 0.1) is 6.54 Å². The van der Waals surface area contributed by atoms with Crippen molar-refractivity contribution in [3.63, 3.8) is 0 Å². The summed E-state index contributed by atoms with van der Waals surface area (Å²) in [4.78, 5) is 80.3. The van der Waals surface area contributed by atoms with E-state index >= 15 is 0 Å². The first kappa shape index (κ1) is 37.7. The Bertz CT molecular complexity index is 1400. The molecule has 2 fully saturated rings. The van der Waals surface area contributed by atoms with Crippen LogP contribution in [0.15, 0.2) is 41.4 Å². The number of benzene rings is 1. The molecule has 258 valence electrons. The fraction of sp³-hybridized carbons (Fsp3) is 0.588. The number of Topliss-reactive ketones (excluding diaryl/α,β-unsaturated/α-hetero) is 1. The minimum absolute atomic E-state index is 0.0390. The Kier molecular flexibility index (Phi) is 11.7. The van der Waals surface area contributed by atoms with Crippen LogP contribution in [-0.2, 0) is 35.3 Å². The van der Waals surface area contributed by atoms with Gasteiger partial charge < -0.3 is 30.9 Å². The van der Waals surface area contributed by atoms with Gasteiger partial charge in [-0.2, -0.15) is 0 Å². The molecule has 0 spiro atoms. The zero-order valence-corrected chi connectivity index (χ0v) is 30.1. The molecule has 1 aliphatic carbocycles. The van der Waals surface area contributed by atoms with Crippen molar-refractivity contribution in [1.29, 1.82) is 0 Å². The van der Waals surface area contributed by atoms with Crippen molar-refractivity contribution in [2.45, 2.75) is 92.1 Å². The Morgan fingerprint density at radius 2 is 1.64 bits per heavy atom. The van der Waals surface area contributed by atoms with Crippen LogP contribution < -0.4 is 21.3 Å². The lowest BCUT2D eigenvalue weighted by atomic mass is 9.85. The minimum Gasteiger partial charge on any atom is -0.444 e. The number of amides is 5. The highest BCUT2D eigenvalue weighted by Crippen LogP contribution is 2.65. The zero-order chi connectivity index (χ0) is 35.5. The van der Waals surface area contributed by atoms with E-state index in [0.717, 1.165) is 10.0 Å². The van der Waals surface area contributed by atoms with E-state index in [1.165, 1.54) is 11.0 Å². The zero-order valence-electron chi connectivity index (χ0n) is 28.5. The van der Waals surface area contributed by atoms with E-state index in [0.29, 0.717) is 6.54 Å². The molecule has 2 aliphatic rings. The molecule has 47 heavy (non-hydrogen) atoms. The molecule has 5 atom stereocenters. The van der Waals surface area contributed by atoms with E-state index < -0.39 is 71.2 Å². The fourth-order valence-electron chi connectivity index (χ4n) is 5.98. The molecule has 1 saturated heterocycles. The summed E-state index contributed by atoms with van der Waals surface area (Å²) in [5.41, 5.74) is -0.873. The first-order chi connectivity index (χ1) is 21.7. The highest BCUT2D eigenvalue weighted by molar-refractivity contribution is 9.10. The van der Waals surface area contributed by atoms with Gasteiger partial charge in [-0.25, -0.2) is 4.79 Å². The number of rotatable bonds is 12. The first-order valence-electron chi connectivity index (χ1n) is 15.7. The number of nitrogens with one attached hydrogen (secondary N) is 4. The summed E-state index contributed by atoms with van der Waals surface area (Å²) in [7, 11) is 0. The third-order valence-corrected chi connectivity index (χ3v) is 9.13. The number of carbonyl (C=O) groups excluding carboxylic acids is 6. The maximum Gasteiger partial charge on any atom is 0.408 e. The van der Waals surface area contributed by atoms with Crippen molar-refractivity contribution in [3.05, 3.63) is 47.0 Å². The normalized spacial score (nSPS) is 21.0. The number of carbonyl (C=O) groups is 6. The lowest BCUT2D eigenvalue weighted by molar-refractivity contribution is -0.145. The number of halogens is 1.